The quantitative estimate of drug-likeness (QED) is 0.283. The molecule has 2 aromatic heterocycles. The lowest BCUT2D eigenvalue weighted by Crippen LogP contribution is -2.45. The number of carboxylic acids is 1. The lowest BCUT2D eigenvalue weighted by molar-refractivity contribution is -0.123. The Morgan fingerprint density at radius 2 is 1.92 bits per heavy atom. The van der Waals surface area contributed by atoms with Gasteiger partial charge >= 0.3 is 5.97 Å². The number of rotatable bonds is 9. The van der Waals surface area contributed by atoms with Crippen LogP contribution in [-0.2, 0) is 23.1 Å². The molecule has 1 atom stereocenters. The van der Waals surface area contributed by atoms with Crippen LogP contribution in [0.2, 0.25) is 5.02 Å². The third-order valence-corrected chi connectivity index (χ3v) is 5.60. The van der Waals surface area contributed by atoms with E-state index in [0.29, 0.717) is 22.0 Å². The first-order valence-corrected chi connectivity index (χ1v) is 11.3. The van der Waals surface area contributed by atoms with E-state index in [0.717, 1.165) is 5.69 Å². The monoisotopic (exact) mass is 520 g/mol. The third kappa shape index (κ3) is 6.44. The van der Waals surface area contributed by atoms with Crippen LogP contribution in [0.5, 0.6) is 0 Å². The van der Waals surface area contributed by atoms with Gasteiger partial charge in [-0.2, -0.15) is 4.68 Å². The highest BCUT2D eigenvalue weighted by Gasteiger charge is 2.22. The number of hydrogen-bond acceptors (Lipinski definition) is 7. The summed E-state index contributed by atoms with van der Waals surface area (Å²) >= 11 is 6.13. The molecule has 0 saturated carbocycles. The van der Waals surface area contributed by atoms with Crippen LogP contribution in [0, 0.1) is 0 Å². The summed E-state index contributed by atoms with van der Waals surface area (Å²) in [5, 5.41) is 26.1. The SMILES string of the molecule is Cn1cncc1C[C@H](NC(=O)/C=C/c1cc(Cl)ccc1-n1cnnn1)C(=O)Nc1ccc(C(=O)O)cc1. The van der Waals surface area contributed by atoms with Crippen molar-refractivity contribution in [2.24, 2.45) is 7.05 Å². The zero-order valence-corrected chi connectivity index (χ0v) is 20.2. The molecule has 2 aromatic carbocycles. The van der Waals surface area contributed by atoms with Gasteiger partial charge in [0, 0.05) is 47.7 Å². The Morgan fingerprint density at radius 1 is 1.14 bits per heavy atom. The minimum absolute atomic E-state index is 0.0879. The Balaban J connectivity index is 1.52. The molecular formula is C24H21ClN8O4. The first-order chi connectivity index (χ1) is 17.8. The number of carbonyl (C=O) groups excluding carboxylic acids is 2. The van der Waals surface area contributed by atoms with Gasteiger partial charge in [-0.05, 0) is 59.0 Å². The van der Waals surface area contributed by atoms with Crippen molar-refractivity contribution in [3.8, 4) is 5.69 Å². The molecule has 0 radical (unpaired) electrons. The number of anilines is 1. The van der Waals surface area contributed by atoms with E-state index in [1.165, 1.54) is 41.4 Å². The predicted octanol–water partition coefficient (Wildman–Crippen LogP) is 2.13. The van der Waals surface area contributed by atoms with Gasteiger partial charge in [-0.25, -0.2) is 9.78 Å². The molecule has 0 fully saturated rings. The van der Waals surface area contributed by atoms with Crippen molar-refractivity contribution in [2.75, 3.05) is 5.32 Å². The number of imidazole rings is 1. The summed E-state index contributed by atoms with van der Waals surface area (Å²) in [6, 6.07) is 9.80. The molecule has 2 amide bonds. The number of amides is 2. The molecule has 4 aromatic rings. The maximum absolute atomic E-state index is 13.1. The molecule has 0 aliphatic rings. The van der Waals surface area contributed by atoms with Gasteiger partial charge in [0.25, 0.3) is 0 Å². The Kier molecular flexibility index (Phi) is 7.69. The van der Waals surface area contributed by atoms with Crippen LogP contribution in [0.3, 0.4) is 0 Å². The van der Waals surface area contributed by atoms with Gasteiger partial charge in [0.1, 0.15) is 12.4 Å². The average molecular weight is 521 g/mol. The molecular weight excluding hydrogens is 500 g/mol. The van der Waals surface area contributed by atoms with Crippen molar-refractivity contribution in [1.29, 1.82) is 0 Å². The van der Waals surface area contributed by atoms with Crippen LogP contribution in [0.4, 0.5) is 5.69 Å². The minimum atomic E-state index is -1.08. The van der Waals surface area contributed by atoms with Crippen LogP contribution in [0.1, 0.15) is 21.6 Å². The fourth-order valence-corrected chi connectivity index (χ4v) is 3.63. The number of aromatic carboxylic acids is 1. The van der Waals surface area contributed by atoms with Gasteiger partial charge in [0.05, 0.1) is 17.6 Å². The van der Waals surface area contributed by atoms with E-state index >= 15 is 0 Å². The maximum Gasteiger partial charge on any atom is 0.335 e. The van der Waals surface area contributed by atoms with Crippen molar-refractivity contribution in [1.82, 2.24) is 35.1 Å². The molecule has 0 bridgehead atoms. The van der Waals surface area contributed by atoms with Gasteiger partial charge in [0.2, 0.25) is 11.8 Å². The molecule has 0 spiro atoms. The second kappa shape index (κ2) is 11.3. The summed E-state index contributed by atoms with van der Waals surface area (Å²) in [6.07, 6.45) is 7.61. The van der Waals surface area contributed by atoms with Crippen molar-refractivity contribution in [3.63, 3.8) is 0 Å². The number of aromatic nitrogens is 6. The van der Waals surface area contributed by atoms with Gasteiger partial charge in [-0.3, -0.25) is 9.59 Å². The first-order valence-electron chi connectivity index (χ1n) is 10.9. The topological polar surface area (TPSA) is 157 Å². The Hall–Kier alpha value is -4.84. The number of carbonyl (C=O) groups is 3. The molecule has 12 nitrogen and oxygen atoms in total. The van der Waals surface area contributed by atoms with Gasteiger partial charge in [0.15, 0.2) is 0 Å². The highest BCUT2D eigenvalue weighted by Crippen LogP contribution is 2.20. The number of carboxylic acid groups (broad SMARTS) is 1. The van der Waals surface area contributed by atoms with E-state index in [2.05, 4.69) is 31.1 Å². The van der Waals surface area contributed by atoms with Crippen molar-refractivity contribution in [3.05, 3.63) is 89.2 Å². The number of hydrogen-bond donors (Lipinski definition) is 3. The second-order valence-corrected chi connectivity index (χ2v) is 8.36. The summed E-state index contributed by atoms with van der Waals surface area (Å²) in [7, 11) is 1.78. The summed E-state index contributed by atoms with van der Waals surface area (Å²) in [5.74, 6) is -2.08. The van der Waals surface area contributed by atoms with Crippen LogP contribution in [0.15, 0.2) is 67.4 Å². The summed E-state index contributed by atoms with van der Waals surface area (Å²) in [6.45, 7) is 0. The summed E-state index contributed by atoms with van der Waals surface area (Å²) in [5.41, 5.74) is 2.39. The lowest BCUT2D eigenvalue weighted by atomic mass is 10.1. The van der Waals surface area contributed by atoms with Gasteiger partial charge < -0.3 is 20.3 Å². The molecule has 13 heteroatoms. The summed E-state index contributed by atoms with van der Waals surface area (Å²) < 4.78 is 3.18. The molecule has 0 saturated heterocycles. The third-order valence-electron chi connectivity index (χ3n) is 5.36. The average Bonchev–Trinajstić information content (AvgIpc) is 3.55. The second-order valence-electron chi connectivity index (χ2n) is 7.92. The number of tetrazole rings is 1. The van der Waals surface area contributed by atoms with Crippen LogP contribution >= 0.6 is 11.6 Å². The molecule has 188 valence electrons. The van der Waals surface area contributed by atoms with E-state index in [-0.39, 0.29) is 12.0 Å². The van der Waals surface area contributed by atoms with E-state index in [4.69, 9.17) is 16.7 Å². The molecule has 37 heavy (non-hydrogen) atoms. The molecule has 0 aliphatic heterocycles. The van der Waals surface area contributed by atoms with E-state index < -0.39 is 23.8 Å². The van der Waals surface area contributed by atoms with Crippen molar-refractivity contribution in [2.45, 2.75) is 12.5 Å². The Morgan fingerprint density at radius 3 is 2.57 bits per heavy atom. The zero-order valence-electron chi connectivity index (χ0n) is 19.4. The zero-order chi connectivity index (χ0) is 26.4. The number of halogens is 1. The van der Waals surface area contributed by atoms with Crippen LogP contribution in [0.25, 0.3) is 11.8 Å². The van der Waals surface area contributed by atoms with E-state index in [1.807, 2.05) is 0 Å². The fourth-order valence-electron chi connectivity index (χ4n) is 3.45. The fraction of sp³-hybridized carbons (Fsp3) is 0.125. The minimum Gasteiger partial charge on any atom is -0.478 e. The number of aryl methyl sites for hydroxylation is 1. The molecule has 3 N–H and O–H groups in total. The molecule has 2 heterocycles. The highest BCUT2D eigenvalue weighted by molar-refractivity contribution is 6.30. The Bertz CT molecular complexity index is 1450. The first kappa shape index (κ1) is 25.3. The Labute approximate surface area is 215 Å². The van der Waals surface area contributed by atoms with Gasteiger partial charge in [-0.1, -0.05) is 11.6 Å². The van der Waals surface area contributed by atoms with Gasteiger partial charge in [-0.15, -0.1) is 5.10 Å². The van der Waals surface area contributed by atoms with Crippen LogP contribution in [-0.4, -0.2) is 58.7 Å². The molecule has 4 rings (SSSR count). The number of nitrogens with zero attached hydrogens (tertiary/aromatic N) is 6. The predicted molar refractivity (Wildman–Crippen MR) is 134 cm³/mol. The van der Waals surface area contributed by atoms with E-state index in [9.17, 15) is 14.4 Å². The lowest BCUT2D eigenvalue weighted by Gasteiger charge is -2.18. The summed E-state index contributed by atoms with van der Waals surface area (Å²) in [4.78, 5) is 41.1. The van der Waals surface area contributed by atoms with Crippen LogP contribution < -0.4 is 10.6 Å². The molecule has 0 aliphatic carbocycles. The largest absolute Gasteiger partial charge is 0.478 e. The standard InChI is InChI=1S/C24H21ClN8O4/c1-32-13-26-12-19(32)11-20(23(35)28-18-6-2-15(3-7-18)24(36)37)29-22(34)9-4-16-10-17(25)5-8-21(16)33-14-27-30-31-33/h2-10,12-14,20H,11H2,1H3,(H,28,35)(H,29,34)(H,36,37)/b9-4+/t20-/m0/s1. The number of nitrogens with one attached hydrogen (secondary N) is 2. The van der Waals surface area contributed by atoms with E-state index in [1.54, 1.807) is 48.4 Å². The van der Waals surface area contributed by atoms with Crippen molar-refractivity contribution >= 4 is 41.1 Å². The number of benzene rings is 2. The molecule has 0 unspecified atom stereocenters. The van der Waals surface area contributed by atoms with Crippen molar-refractivity contribution < 1.29 is 19.5 Å². The highest BCUT2D eigenvalue weighted by atomic mass is 35.5. The maximum atomic E-state index is 13.1. The smallest absolute Gasteiger partial charge is 0.335 e. The normalized spacial score (nSPS) is 11.8.